The van der Waals surface area contributed by atoms with Crippen LogP contribution in [0.2, 0.25) is 0 Å². The third-order valence-corrected chi connectivity index (χ3v) is 3.16. The number of hydrogen-bond donors (Lipinski definition) is 2. The summed E-state index contributed by atoms with van der Waals surface area (Å²) in [5.41, 5.74) is 5.54. The topological polar surface area (TPSA) is 55.1 Å². The Balaban J connectivity index is 0. The largest absolute Gasteiger partial charge is 0.350 e. The summed E-state index contributed by atoms with van der Waals surface area (Å²) in [4.78, 5) is 12.0. The molecule has 1 amide bonds. The van der Waals surface area contributed by atoms with Gasteiger partial charge < -0.3 is 11.1 Å². The fourth-order valence-corrected chi connectivity index (χ4v) is 2.68. The molecule has 19 heavy (non-hydrogen) atoms. The van der Waals surface area contributed by atoms with Gasteiger partial charge in [-0.15, -0.1) is 12.4 Å². The monoisotopic (exact) mass is 292 g/mol. The molecule has 0 fully saturated rings. The first kappa shape index (κ1) is 21.0. The maximum Gasteiger partial charge on any atom is 0.220 e. The van der Waals surface area contributed by atoms with Gasteiger partial charge in [0.2, 0.25) is 5.91 Å². The fraction of sp³-hybridized carbons (Fsp3) is 0.933. The molecule has 0 aromatic rings. The Labute approximate surface area is 125 Å². The Kier molecular flexibility index (Phi) is 10.6. The van der Waals surface area contributed by atoms with Crippen molar-refractivity contribution in [1.82, 2.24) is 5.32 Å². The third-order valence-electron chi connectivity index (χ3n) is 3.16. The molecule has 0 radical (unpaired) electrons. The second kappa shape index (κ2) is 9.60. The standard InChI is InChI=1S/C15H32N2O.ClH/c1-11(2)7-13(5)8-14(18)17-15(6,10-16)9-12(3)4;/h11-13H,7-10,16H2,1-6H3,(H,17,18);1H. The van der Waals surface area contributed by atoms with Gasteiger partial charge in [-0.2, -0.15) is 0 Å². The SMILES string of the molecule is CC(C)CC(C)CC(=O)NC(C)(CN)CC(C)C.Cl. The number of rotatable bonds is 8. The van der Waals surface area contributed by atoms with E-state index in [9.17, 15) is 4.79 Å². The van der Waals surface area contributed by atoms with Crippen molar-refractivity contribution >= 4 is 18.3 Å². The quantitative estimate of drug-likeness (QED) is 0.721. The molecule has 4 heteroatoms. The van der Waals surface area contributed by atoms with Crippen LogP contribution >= 0.6 is 12.4 Å². The zero-order chi connectivity index (χ0) is 14.3. The van der Waals surface area contributed by atoms with Crippen LogP contribution in [0.25, 0.3) is 0 Å². The molecule has 0 rings (SSSR count). The Morgan fingerprint density at radius 1 is 1.16 bits per heavy atom. The molecule has 0 bridgehead atoms. The highest BCUT2D eigenvalue weighted by Gasteiger charge is 2.26. The molecule has 0 aromatic carbocycles. The van der Waals surface area contributed by atoms with Crippen molar-refractivity contribution < 1.29 is 4.79 Å². The second-order valence-corrected chi connectivity index (χ2v) is 6.85. The van der Waals surface area contributed by atoms with E-state index in [1.807, 2.05) is 6.92 Å². The van der Waals surface area contributed by atoms with Crippen molar-refractivity contribution in [2.75, 3.05) is 6.54 Å². The molecule has 0 aliphatic rings. The Bertz CT molecular complexity index is 257. The van der Waals surface area contributed by atoms with Gasteiger partial charge in [0, 0.05) is 18.5 Å². The van der Waals surface area contributed by atoms with E-state index in [1.54, 1.807) is 0 Å². The van der Waals surface area contributed by atoms with Crippen LogP contribution < -0.4 is 11.1 Å². The molecule has 0 saturated heterocycles. The van der Waals surface area contributed by atoms with Crippen molar-refractivity contribution in [2.24, 2.45) is 23.5 Å². The van der Waals surface area contributed by atoms with E-state index in [2.05, 4.69) is 39.9 Å². The first-order chi connectivity index (χ1) is 8.18. The van der Waals surface area contributed by atoms with E-state index in [-0.39, 0.29) is 23.9 Å². The summed E-state index contributed by atoms with van der Waals surface area (Å²) in [5, 5.41) is 3.11. The molecule has 3 N–H and O–H groups in total. The van der Waals surface area contributed by atoms with Gasteiger partial charge in [0.1, 0.15) is 0 Å². The molecule has 2 unspecified atom stereocenters. The first-order valence-corrected chi connectivity index (χ1v) is 7.19. The van der Waals surface area contributed by atoms with E-state index in [0.29, 0.717) is 30.7 Å². The normalized spacial score (nSPS) is 15.8. The van der Waals surface area contributed by atoms with Crippen LogP contribution in [0.1, 0.15) is 60.8 Å². The van der Waals surface area contributed by atoms with E-state index in [4.69, 9.17) is 5.73 Å². The molecule has 0 aliphatic heterocycles. The van der Waals surface area contributed by atoms with E-state index in [1.165, 1.54) is 0 Å². The molecule has 0 saturated carbocycles. The Morgan fingerprint density at radius 2 is 1.68 bits per heavy atom. The van der Waals surface area contributed by atoms with Crippen molar-refractivity contribution in [3.63, 3.8) is 0 Å². The first-order valence-electron chi connectivity index (χ1n) is 7.19. The van der Waals surface area contributed by atoms with Gasteiger partial charge in [-0.25, -0.2) is 0 Å². The predicted octanol–water partition coefficient (Wildman–Crippen LogP) is 3.36. The lowest BCUT2D eigenvalue weighted by Crippen LogP contribution is -2.52. The summed E-state index contributed by atoms with van der Waals surface area (Å²) < 4.78 is 0. The highest BCUT2D eigenvalue weighted by molar-refractivity contribution is 5.85. The summed E-state index contributed by atoms with van der Waals surface area (Å²) in [6, 6.07) is 0. The molecule has 116 valence electrons. The lowest BCUT2D eigenvalue weighted by atomic mass is 9.89. The third kappa shape index (κ3) is 10.2. The highest BCUT2D eigenvalue weighted by atomic mass is 35.5. The van der Waals surface area contributed by atoms with Gasteiger partial charge in [-0.05, 0) is 37.5 Å². The summed E-state index contributed by atoms with van der Waals surface area (Å²) in [5.74, 6) is 1.75. The van der Waals surface area contributed by atoms with Crippen LogP contribution in [0.4, 0.5) is 0 Å². The average molecular weight is 293 g/mol. The van der Waals surface area contributed by atoms with Crippen LogP contribution in [0, 0.1) is 17.8 Å². The Hall–Kier alpha value is -0.280. The number of carbonyl (C=O) groups excluding carboxylic acids is 1. The minimum absolute atomic E-state index is 0. The van der Waals surface area contributed by atoms with Gasteiger partial charge in [0.25, 0.3) is 0 Å². The van der Waals surface area contributed by atoms with Crippen LogP contribution in [-0.2, 0) is 4.79 Å². The maximum atomic E-state index is 12.0. The minimum atomic E-state index is -0.261. The van der Waals surface area contributed by atoms with Crippen LogP contribution in [0.3, 0.4) is 0 Å². The molecule has 0 aromatic heterocycles. The molecule has 0 spiro atoms. The zero-order valence-corrected chi connectivity index (χ0v) is 14.3. The highest BCUT2D eigenvalue weighted by Crippen LogP contribution is 2.18. The number of carbonyl (C=O) groups is 1. The van der Waals surface area contributed by atoms with Crippen molar-refractivity contribution in [3.05, 3.63) is 0 Å². The molecule has 0 heterocycles. The second-order valence-electron chi connectivity index (χ2n) is 6.85. The number of halogens is 1. The summed E-state index contributed by atoms with van der Waals surface area (Å²) in [6.45, 7) is 13.4. The summed E-state index contributed by atoms with van der Waals surface area (Å²) in [6.07, 6.45) is 2.62. The van der Waals surface area contributed by atoms with Crippen LogP contribution in [0.5, 0.6) is 0 Å². The zero-order valence-electron chi connectivity index (χ0n) is 13.5. The fourth-order valence-electron chi connectivity index (χ4n) is 2.68. The average Bonchev–Trinajstić information content (AvgIpc) is 2.13. The van der Waals surface area contributed by atoms with Gasteiger partial charge in [0.05, 0.1) is 0 Å². The molecular weight excluding hydrogens is 260 g/mol. The lowest BCUT2D eigenvalue weighted by molar-refractivity contribution is -0.123. The van der Waals surface area contributed by atoms with E-state index < -0.39 is 0 Å². The van der Waals surface area contributed by atoms with Gasteiger partial charge in [0.15, 0.2) is 0 Å². The number of amides is 1. The smallest absolute Gasteiger partial charge is 0.220 e. The van der Waals surface area contributed by atoms with Gasteiger partial charge in [-0.1, -0.05) is 34.6 Å². The summed E-state index contributed by atoms with van der Waals surface area (Å²) in [7, 11) is 0. The maximum absolute atomic E-state index is 12.0. The number of nitrogens with two attached hydrogens (primary N) is 1. The van der Waals surface area contributed by atoms with Crippen LogP contribution in [0.15, 0.2) is 0 Å². The minimum Gasteiger partial charge on any atom is -0.350 e. The van der Waals surface area contributed by atoms with E-state index >= 15 is 0 Å². The molecular formula is C15H33ClN2O. The number of hydrogen-bond acceptors (Lipinski definition) is 2. The van der Waals surface area contributed by atoms with Gasteiger partial charge >= 0.3 is 0 Å². The summed E-state index contributed by atoms with van der Waals surface area (Å²) >= 11 is 0. The van der Waals surface area contributed by atoms with Crippen molar-refractivity contribution in [2.45, 2.75) is 66.3 Å². The number of nitrogens with one attached hydrogen (secondary N) is 1. The van der Waals surface area contributed by atoms with Crippen molar-refractivity contribution in [1.29, 1.82) is 0 Å². The van der Waals surface area contributed by atoms with Gasteiger partial charge in [-0.3, -0.25) is 4.79 Å². The van der Waals surface area contributed by atoms with E-state index in [0.717, 1.165) is 12.8 Å². The Morgan fingerprint density at radius 3 is 2.05 bits per heavy atom. The predicted molar refractivity (Wildman–Crippen MR) is 85.5 cm³/mol. The molecule has 3 nitrogen and oxygen atoms in total. The van der Waals surface area contributed by atoms with Crippen LogP contribution in [-0.4, -0.2) is 18.0 Å². The molecule has 2 atom stereocenters. The molecule has 0 aliphatic carbocycles. The lowest BCUT2D eigenvalue weighted by Gasteiger charge is -2.31. The van der Waals surface area contributed by atoms with Crippen molar-refractivity contribution in [3.8, 4) is 0 Å².